The first-order valence-corrected chi connectivity index (χ1v) is 6.86. The second kappa shape index (κ2) is 7.45. The summed E-state index contributed by atoms with van der Waals surface area (Å²) in [7, 11) is 7.94. The molecule has 0 radical (unpaired) electrons. The maximum absolute atomic E-state index is 5.62. The van der Waals surface area contributed by atoms with Crippen LogP contribution in [0.25, 0.3) is 0 Å². The zero-order chi connectivity index (χ0) is 13.5. The van der Waals surface area contributed by atoms with Gasteiger partial charge in [-0.2, -0.15) is 0 Å². The SMILES string of the molecule is CN(C)C(=NCCOc1ccc(I)cc1)N(C)C. The number of nitrogens with zero attached hydrogens (tertiary/aromatic N) is 3. The molecule has 4 nitrogen and oxygen atoms in total. The highest BCUT2D eigenvalue weighted by Crippen LogP contribution is 2.13. The lowest BCUT2D eigenvalue weighted by atomic mass is 10.3. The number of hydrogen-bond acceptors (Lipinski definition) is 2. The standard InChI is InChI=1S/C13H20IN3O/c1-16(2)13(17(3)4)15-9-10-18-12-7-5-11(14)6-8-12/h5-8H,9-10H2,1-4H3. The van der Waals surface area contributed by atoms with E-state index >= 15 is 0 Å². The molecule has 0 bridgehead atoms. The van der Waals surface area contributed by atoms with Crippen molar-refractivity contribution in [1.29, 1.82) is 0 Å². The average molecular weight is 361 g/mol. The Kier molecular flexibility index (Phi) is 6.24. The lowest BCUT2D eigenvalue weighted by Crippen LogP contribution is -2.35. The summed E-state index contributed by atoms with van der Waals surface area (Å²) < 4.78 is 6.83. The molecule has 0 fully saturated rings. The van der Waals surface area contributed by atoms with Gasteiger partial charge in [-0.15, -0.1) is 0 Å². The van der Waals surface area contributed by atoms with E-state index in [2.05, 4.69) is 27.6 Å². The largest absolute Gasteiger partial charge is 0.492 e. The molecule has 18 heavy (non-hydrogen) atoms. The van der Waals surface area contributed by atoms with Gasteiger partial charge in [-0.05, 0) is 46.9 Å². The van der Waals surface area contributed by atoms with Crippen molar-refractivity contribution in [3.8, 4) is 5.75 Å². The summed E-state index contributed by atoms with van der Waals surface area (Å²) in [5.74, 6) is 1.84. The smallest absolute Gasteiger partial charge is 0.195 e. The van der Waals surface area contributed by atoms with Gasteiger partial charge in [-0.25, -0.2) is 4.99 Å². The minimum atomic E-state index is 0.589. The van der Waals surface area contributed by atoms with Crippen molar-refractivity contribution < 1.29 is 4.74 Å². The minimum absolute atomic E-state index is 0.589. The van der Waals surface area contributed by atoms with E-state index < -0.39 is 0 Å². The molecule has 0 saturated carbocycles. The van der Waals surface area contributed by atoms with E-state index in [0.29, 0.717) is 13.2 Å². The van der Waals surface area contributed by atoms with Gasteiger partial charge in [-0.1, -0.05) is 0 Å². The lowest BCUT2D eigenvalue weighted by molar-refractivity contribution is 0.326. The summed E-state index contributed by atoms with van der Waals surface area (Å²) in [6.45, 7) is 1.24. The third kappa shape index (κ3) is 5.12. The Bertz CT molecular complexity index is 378. The van der Waals surface area contributed by atoms with Gasteiger partial charge in [0.1, 0.15) is 12.4 Å². The molecular formula is C13H20IN3O. The Hall–Kier alpha value is -0.980. The summed E-state index contributed by atoms with van der Waals surface area (Å²) in [5.41, 5.74) is 0. The molecule has 0 heterocycles. The Morgan fingerprint density at radius 1 is 1.11 bits per heavy atom. The number of halogens is 1. The predicted molar refractivity (Wildman–Crippen MR) is 84.3 cm³/mol. The summed E-state index contributed by atoms with van der Waals surface area (Å²) >= 11 is 2.28. The maximum Gasteiger partial charge on any atom is 0.195 e. The Balaban J connectivity index is 2.41. The molecular weight excluding hydrogens is 341 g/mol. The second-order valence-electron chi connectivity index (χ2n) is 4.27. The van der Waals surface area contributed by atoms with Crippen LogP contribution >= 0.6 is 22.6 Å². The molecule has 100 valence electrons. The molecule has 0 atom stereocenters. The van der Waals surface area contributed by atoms with Crippen LogP contribution in [0.4, 0.5) is 0 Å². The molecule has 1 aromatic carbocycles. The highest BCUT2D eigenvalue weighted by atomic mass is 127. The molecule has 0 unspecified atom stereocenters. The van der Waals surface area contributed by atoms with E-state index in [-0.39, 0.29) is 0 Å². The second-order valence-corrected chi connectivity index (χ2v) is 5.52. The Morgan fingerprint density at radius 3 is 2.17 bits per heavy atom. The van der Waals surface area contributed by atoms with E-state index in [0.717, 1.165) is 11.7 Å². The number of rotatable bonds is 4. The first kappa shape index (κ1) is 15.1. The number of ether oxygens (including phenoxy) is 1. The fourth-order valence-corrected chi connectivity index (χ4v) is 1.88. The van der Waals surface area contributed by atoms with Crippen LogP contribution in [0, 0.1) is 3.57 Å². The van der Waals surface area contributed by atoms with E-state index in [4.69, 9.17) is 4.74 Å². The van der Waals surface area contributed by atoms with Crippen molar-refractivity contribution >= 4 is 28.6 Å². The average Bonchev–Trinajstić information content (AvgIpc) is 2.30. The fraction of sp³-hybridized carbons (Fsp3) is 0.462. The van der Waals surface area contributed by atoms with Gasteiger partial charge in [-0.3, -0.25) is 0 Å². The summed E-state index contributed by atoms with van der Waals surface area (Å²) in [6.07, 6.45) is 0. The van der Waals surface area contributed by atoms with Crippen molar-refractivity contribution in [3.63, 3.8) is 0 Å². The zero-order valence-corrected chi connectivity index (χ0v) is 13.5. The molecule has 1 aromatic rings. The lowest BCUT2D eigenvalue weighted by Gasteiger charge is -2.22. The molecule has 0 amide bonds. The molecule has 0 spiro atoms. The van der Waals surface area contributed by atoms with Gasteiger partial charge in [0.15, 0.2) is 5.96 Å². The number of guanidine groups is 1. The van der Waals surface area contributed by atoms with Crippen molar-refractivity contribution in [3.05, 3.63) is 27.8 Å². The van der Waals surface area contributed by atoms with Crippen LogP contribution < -0.4 is 4.74 Å². The molecule has 0 N–H and O–H groups in total. The Morgan fingerprint density at radius 2 is 1.67 bits per heavy atom. The minimum Gasteiger partial charge on any atom is -0.492 e. The number of benzene rings is 1. The topological polar surface area (TPSA) is 28.1 Å². The molecule has 5 heteroatoms. The van der Waals surface area contributed by atoms with Crippen molar-refractivity contribution in [2.45, 2.75) is 0 Å². The Labute approximate surface area is 123 Å². The van der Waals surface area contributed by atoms with Gasteiger partial charge in [0.25, 0.3) is 0 Å². The number of hydrogen-bond donors (Lipinski definition) is 0. The number of aliphatic imine (C=N–C) groups is 1. The third-order valence-electron chi connectivity index (χ3n) is 2.23. The van der Waals surface area contributed by atoms with Gasteiger partial charge >= 0.3 is 0 Å². The van der Waals surface area contributed by atoms with Crippen LogP contribution in [0.15, 0.2) is 29.3 Å². The fourth-order valence-electron chi connectivity index (χ4n) is 1.52. The van der Waals surface area contributed by atoms with Crippen LogP contribution in [-0.2, 0) is 0 Å². The van der Waals surface area contributed by atoms with Crippen LogP contribution in [0.3, 0.4) is 0 Å². The quantitative estimate of drug-likeness (QED) is 0.356. The maximum atomic E-state index is 5.62. The highest BCUT2D eigenvalue weighted by molar-refractivity contribution is 14.1. The van der Waals surface area contributed by atoms with Crippen LogP contribution in [0.2, 0.25) is 0 Å². The first-order chi connectivity index (χ1) is 8.50. The van der Waals surface area contributed by atoms with Gasteiger partial charge in [0.05, 0.1) is 6.54 Å². The van der Waals surface area contributed by atoms with Crippen molar-refractivity contribution in [1.82, 2.24) is 9.80 Å². The summed E-state index contributed by atoms with van der Waals surface area (Å²) in [4.78, 5) is 8.48. The van der Waals surface area contributed by atoms with Crippen LogP contribution in [-0.4, -0.2) is 57.1 Å². The predicted octanol–water partition coefficient (Wildman–Crippen LogP) is 2.15. The normalized spacial score (nSPS) is 9.83. The van der Waals surface area contributed by atoms with E-state index in [1.807, 2.05) is 62.3 Å². The van der Waals surface area contributed by atoms with E-state index in [9.17, 15) is 0 Å². The van der Waals surface area contributed by atoms with Crippen LogP contribution in [0.1, 0.15) is 0 Å². The zero-order valence-electron chi connectivity index (χ0n) is 11.4. The molecule has 0 aromatic heterocycles. The summed E-state index contributed by atoms with van der Waals surface area (Å²) in [6, 6.07) is 8.02. The first-order valence-electron chi connectivity index (χ1n) is 5.78. The van der Waals surface area contributed by atoms with Crippen LogP contribution in [0.5, 0.6) is 5.75 Å². The molecule has 0 aliphatic carbocycles. The molecule has 0 saturated heterocycles. The van der Waals surface area contributed by atoms with Gasteiger partial charge in [0.2, 0.25) is 0 Å². The van der Waals surface area contributed by atoms with E-state index in [1.54, 1.807) is 0 Å². The summed E-state index contributed by atoms with van der Waals surface area (Å²) in [5, 5.41) is 0. The molecule has 1 rings (SSSR count). The van der Waals surface area contributed by atoms with Gasteiger partial charge in [0, 0.05) is 31.8 Å². The van der Waals surface area contributed by atoms with E-state index in [1.165, 1.54) is 3.57 Å². The third-order valence-corrected chi connectivity index (χ3v) is 2.95. The molecule has 0 aliphatic rings. The van der Waals surface area contributed by atoms with Crippen molar-refractivity contribution in [2.75, 3.05) is 41.3 Å². The molecule has 0 aliphatic heterocycles. The highest BCUT2D eigenvalue weighted by Gasteiger charge is 2.03. The van der Waals surface area contributed by atoms with Crippen molar-refractivity contribution in [2.24, 2.45) is 4.99 Å². The monoisotopic (exact) mass is 361 g/mol. The van der Waals surface area contributed by atoms with Gasteiger partial charge < -0.3 is 14.5 Å².